The normalized spacial score (nSPS) is 11.2. The second-order valence-corrected chi connectivity index (χ2v) is 6.46. The summed E-state index contributed by atoms with van der Waals surface area (Å²) in [5.74, 6) is 0. The van der Waals surface area contributed by atoms with Gasteiger partial charge in [-0.3, -0.25) is 0 Å². The zero-order chi connectivity index (χ0) is 19.4. The van der Waals surface area contributed by atoms with Crippen molar-refractivity contribution in [2.24, 2.45) is 0 Å². The van der Waals surface area contributed by atoms with E-state index in [1.54, 1.807) is 0 Å². The molecular weight excluding hydrogens is 420 g/mol. The molecule has 0 saturated heterocycles. The average Bonchev–Trinajstić information content (AvgIpc) is 2.68. The van der Waals surface area contributed by atoms with Crippen LogP contribution in [0.2, 0.25) is 0 Å². The second kappa shape index (κ2) is 18.8. The van der Waals surface area contributed by atoms with Crippen LogP contribution in [0.15, 0.2) is 28.7 Å². The van der Waals surface area contributed by atoms with Gasteiger partial charge < -0.3 is 23.7 Å². The molecule has 0 N–H and O–H groups in total. The summed E-state index contributed by atoms with van der Waals surface area (Å²) in [5.41, 5.74) is 1.13. The Kier molecular flexibility index (Phi) is 17.0. The zero-order valence-corrected chi connectivity index (χ0v) is 17.6. The van der Waals surface area contributed by atoms with Crippen LogP contribution in [-0.2, 0) is 40.1 Å². The van der Waals surface area contributed by atoms with Crippen LogP contribution in [0.3, 0.4) is 0 Å². The van der Waals surface area contributed by atoms with Crippen molar-refractivity contribution >= 4 is 15.9 Å². The van der Waals surface area contributed by atoms with Crippen LogP contribution in [0.25, 0.3) is 0 Å². The van der Waals surface area contributed by atoms with Crippen LogP contribution >= 0.6 is 15.9 Å². The molecule has 0 fully saturated rings. The fourth-order valence-corrected chi connectivity index (χ4v) is 2.07. The number of ether oxygens (including phenoxy) is 5. The lowest BCUT2D eigenvalue weighted by Crippen LogP contribution is -2.12. The molecule has 0 spiro atoms. The summed E-state index contributed by atoms with van der Waals surface area (Å²) in [6.45, 7) is 6.45. The molecule has 27 heavy (non-hydrogen) atoms. The third kappa shape index (κ3) is 16.1. The number of hydrogen-bond acceptors (Lipinski definition) is 7. The Bertz CT molecular complexity index is 431. The fraction of sp³-hybridized carbons (Fsp3) is 0.684. The Morgan fingerprint density at radius 3 is 2.07 bits per heavy atom. The molecule has 0 aliphatic rings. The van der Waals surface area contributed by atoms with Crippen LogP contribution in [0.1, 0.15) is 25.3 Å². The summed E-state index contributed by atoms with van der Waals surface area (Å²) >= 11 is 3.40. The van der Waals surface area contributed by atoms with Gasteiger partial charge in [0.1, 0.15) is 13.4 Å². The monoisotopic (exact) mass is 450 g/mol. The summed E-state index contributed by atoms with van der Waals surface area (Å²) in [4.78, 5) is 9.80. The van der Waals surface area contributed by atoms with Crippen LogP contribution < -0.4 is 0 Å². The Morgan fingerprint density at radius 2 is 1.30 bits per heavy atom. The van der Waals surface area contributed by atoms with Gasteiger partial charge in [0.15, 0.2) is 6.79 Å². The van der Waals surface area contributed by atoms with Crippen molar-refractivity contribution in [1.29, 1.82) is 0 Å². The average molecular weight is 451 g/mol. The maximum Gasteiger partial charge on any atom is 0.180 e. The van der Waals surface area contributed by atoms with Gasteiger partial charge in [-0.1, -0.05) is 41.4 Å². The molecule has 0 saturated carbocycles. The molecule has 0 aliphatic carbocycles. The van der Waals surface area contributed by atoms with Gasteiger partial charge in [0.25, 0.3) is 0 Å². The van der Waals surface area contributed by atoms with Crippen LogP contribution in [0.4, 0.5) is 0 Å². The molecule has 8 heteroatoms. The maximum absolute atomic E-state index is 5.53. The van der Waals surface area contributed by atoms with E-state index in [4.69, 9.17) is 33.5 Å². The highest BCUT2D eigenvalue weighted by Crippen LogP contribution is 2.10. The molecule has 0 aliphatic heterocycles. The highest BCUT2D eigenvalue weighted by molar-refractivity contribution is 9.10. The summed E-state index contributed by atoms with van der Waals surface area (Å²) in [6, 6.07) is 8.02. The minimum Gasteiger partial charge on any atom is -0.377 e. The molecule has 1 aromatic carbocycles. The topological polar surface area (TPSA) is 64.6 Å². The van der Waals surface area contributed by atoms with Gasteiger partial charge in [-0.25, -0.2) is 9.78 Å². The number of benzene rings is 1. The zero-order valence-electron chi connectivity index (χ0n) is 16.0. The predicted molar refractivity (Wildman–Crippen MR) is 104 cm³/mol. The van der Waals surface area contributed by atoms with Gasteiger partial charge in [0.05, 0.1) is 39.6 Å². The van der Waals surface area contributed by atoms with E-state index in [-0.39, 0.29) is 6.79 Å². The van der Waals surface area contributed by atoms with E-state index in [0.29, 0.717) is 53.0 Å². The van der Waals surface area contributed by atoms with E-state index in [1.807, 2.05) is 24.3 Å². The summed E-state index contributed by atoms with van der Waals surface area (Å²) < 4.78 is 27.6. The highest BCUT2D eigenvalue weighted by Gasteiger charge is 1.96. The summed E-state index contributed by atoms with van der Waals surface area (Å²) in [6.07, 6.45) is 2.17. The summed E-state index contributed by atoms with van der Waals surface area (Å²) in [5, 5.41) is 0. The van der Waals surface area contributed by atoms with Crippen molar-refractivity contribution in [3.63, 3.8) is 0 Å². The number of halogens is 1. The van der Waals surface area contributed by atoms with Crippen LogP contribution in [0, 0.1) is 0 Å². The lowest BCUT2D eigenvalue weighted by Gasteiger charge is -2.08. The van der Waals surface area contributed by atoms with Crippen molar-refractivity contribution < 1.29 is 33.5 Å². The predicted octanol–water partition coefficient (Wildman–Crippen LogP) is 3.70. The van der Waals surface area contributed by atoms with Gasteiger partial charge in [-0.2, -0.15) is 0 Å². The first-order chi connectivity index (χ1) is 13.3. The molecule has 0 amide bonds. The number of rotatable bonds is 19. The molecule has 0 unspecified atom stereocenters. The Labute approximate surface area is 170 Å². The lowest BCUT2D eigenvalue weighted by molar-refractivity contribution is -0.340. The second-order valence-electron chi connectivity index (χ2n) is 5.55. The number of unbranched alkanes of at least 4 members (excludes halogenated alkanes) is 1. The SMILES string of the molecule is CCCCOCOCCOCOOCCOCCOCc1ccc(Br)cc1. The third-order valence-electron chi connectivity index (χ3n) is 3.26. The van der Waals surface area contributed by atoms with E-state index in [2.05, 4.69) is 22.9 Å². The first-order valence-electron chi connectivity index (χ1n) is 9.20. The van der Waals surface area contributed by atoms with Gasteiger partial charge in [-0.15, -0.1) is 0 Å². The molecule has 0 atom stereocenters. The minimum atomic E-state index is 0.0519. The van der Waals surface area contributed by atoms with Crippen molar-refractivity contribution in [2.45, 2.75) is 26.4 Å². The lowest BCUT2D eigenvalue weighted by atomic mass is 10.2. The molecule has 1 aromatic rings. The van der Waals surface area contributed by atoms with Gasteiger partial charge in [-0.05, 0) is 24.1 Å². The van der Waals surface area contributed by atoms with Gasteiger partial charge in [0, 0.05) is 11.1 Å². The first-order valence-corrected chi connectivity index (χ1v) is 9.99. The van der Waals surface area contributed by atoms with E-state index in [9.17, 15) is 0 Å². The molecule has 0 bridgehead atoms. The van der Waals surface area contributed by atoms with Crippen molar-refractivity contribution in [3.05, 3.63) is 34.3 Å². The third-order valence-corrected chi connectivity index (χ3v) is 3.79. The van der Waals surface area contributed by atoms with Crippen LogP contribution in [-0.4, -0.2) is 59.8 Å². The quantitative estimate of drug-likeness (QED) is 0.138. The van der Waals surface area contributed by atoms with E-state index in [1.165, 1.54) is 0 Å². The van der Waals surface area contributed by atoms with E-state index in [0.717, 1.165) is 29.5 Å². The minimum absolute atomic E-state index is 0.0519. The van der Waals surface area contributed by atoms with Crippen molar-refractivity contribution in [2.75, 3.05) is 59.8 Å². The molecule has 156 valence electrons. The number of hydrogen-bond donors (Lipinski definition) is 0. The van der Waals surface area contributed by atoms with Crippen molar-refractivity contribution in [1.82, 2.24) is 0 Å². The van der Waals surface area contributed by atoms with Crippen molar-refractivity contribution in [3.8, 4) is 0 Å². The Morgan fingerprint density at radius 1 is 0.667 bits per heavy atom. The summed E-state index contributed by atoms with van der Waals surface area (Å²) in [7, 11) is 0. The molecule has 0 heterocycles. The largest absolute Gasteiger partial charge is 0.377 e. The van der Waals surface area contributed by atoms with Gasteiger partial charge in [0.2, 0.25) is 0 Å². The smallest absolute Gasteiger partial charge is 0.180 e. The molecule has 1 rings (SSSR count). The standard InChI is InChI=1S/C19H31BrO7/c1-2-3-8-23-16-24-11-12-25-17-27-26-14-13-21-9-10-22-15-18-4-6-19(20)7-5-18/h4-7H,2-3,8-17H2,1H3. The first kappa shape index (κ1) is 24.5. The molecule has 0 aromatic heterocycles. The van der Waals surface area contributed by atoms with Gasteiger partial charge >= 0.3 is 0 Å². The van der Waals surface area contributed by atoms with E-state index >= 15 is 0 Å². The van der Waals surface area contributed by atoms with E-state index < -0.39 is 0 Å². The van der Waals surface area contributed by atoms with Crippen LogP contribution in [0.5, 0.6) is 0 Å². The maximum atomic E-state index is 5.53. The highest BCUT2D eigenvalue weighted by atomic mass is 79.9. The Balaban J connectivity index is 1.71. The molecule has 0 radical (unpaired) electrons. The Hall–Kier alpha value is -0.580. The fourth-order valence-electron chi connectivity index (χ4n) is 1.81. The molecular formula is C19H31BrO7. The molecule has 7 nitrogen and oxygen atoms in total.